The van der Waals surface area contributed by atoms with Crippen molar-refractivity contribution in [2.75, 3.05) is 19.0 Å². The molecule has 6 heteroatoms. The van der Waals surface area contributed by atoms with Crippen LogP contribution in [0.15, 0.2) is 29.4 Å². The molecular weight excluding hydrogens is 258 g/mol. The van der Waals surface area contributed by atoms with E-state index in [0.29, 0.717) is 19.4 Å². The van der Waals surface area contributed by atoms with Crippen LogP contribution in [0.2, 0.25) is 0 Å². The van der Waals surface area contributed by atoms with Gasteiger partial charge in [-0.05, 0) is 23.6 Å². The van der Waals surface area contributed by atoms with Crippen molar-refractivity contribution >= 4 is 17.4 Å². The zero-order valence-corrected chi connectivity index (χ0v) is 11.8. The van der Waals surface area contributed by atoms with Crippen LogP contribution in [-0.4, -0.2) is 30.7 Å². The standard InChI is InChI=1S/C14H21N3O3/c1-10(9-20-2)7-14(18)16-12-5-3-11(4-6-12)8-13(15)17-19/h3-6,10,19H,7-9H2,1-2H3,(H2,15,17)(H,16,18). The summed E-state index contributed by atoms with van der Waals surface area (Å²) in [4.78, 5) is 11.8. The lowest BCUT2D eigenvalue weighted by Crippen LogP contribution is -2.17. The normalized spacial score (nSPS) is 13.0. The SMILES string of the molecule is COCC(C)CC(=O)Nc1ccc(C/C(N)=N/O)cc1. The molecule has 0 saturated heterocycles. The van der Waals surface area contributed by atoms with Crippen molar-refractivity contribution in [2.24, 2.45) is 16.8 Å². The molecule has 1 aromatic carbocycles. The average molecular weight is 279 g/mol. The van der Waals surface area contributed by atoms with Crippen LogP contribution in [0.4, 0.5) is 5.69 Å². The highest BCUT2D eigenvalue weighted by atomic mass is 16.5. The highest BCUT2D eigenvalue weighted by Gasteiger charge is 2.09. The molecular formula is C14H21N3O3. The lowest BCUT2D eigenvalue weighted by Gasteiger charge is -2.10. The third kappa shape index (κ3) is 5.71. The third-order valence-electron chi connectivity index (χ3n) is 2.74. The van der Waals surface area contributed by atoms with Crippen molar-refractivity contribution in [1.29, 1.82) is 0 Å². The summed E-state index contributed by atoms with van der Waals surface area (Å²) >= 11 is 0. The Kier molecular flexibility index (Phi) is 6.52. The van der Waals surface area contributed by atoms with Gasteiger partial charge < -0.3 is 21.0 Å². The summed E-state index contributed by atoms with van der Waals surface area (Å²) in [7, 11) is 1.62. The van der Waals surface area contributed by atoms with E-state index in [1.54, 1.807) is 19.2 Å². The number of methoxy groups -OCH3 is 1. The molecule has 0 heterocycles. The molecule has 6 nitrogen and oxygen atoms in total. The van der Waals surface area contributed by atoms with Gasteiger partial charge in [0.2, 0.25) is 5.91 Å². The second kappa shape index (κ2) is 8.16. The van der Waals surface area contributed by atoms with Crippen LogP contribution in [0.5, 0.6) is 0 Å². The number of oxime groups is 1. The number of anilines is 1. The van der Waals surface area contributed by atoms with Gasteiger partial charge in [0.15, 0.2) is 0 Å². The number of amidine groups is 1. The van der Waals surface area contributed by atoms with Gasteiger partial charge in [-0.25, -0.2) is 0 Å². The van der Waals surface area contributed by atoms with Crippen LogP contribution in [-0.2, 0) is 16.0 Å². The van der Waals surface area contributed by atoms with Crippen molar-refractivity contribution in [1.82, 2.24) is 0 Å². The number of rotatable bonds is 7. The van der Waals surface area contributed by atoms with E-state index < -0.39 is 0 Å². The summed E-state index contributed by atoms with van der Waals surface area (Å²) in [5.74, 6) is 0.286. The van der Waals surface area contributed by atoms with Gasteiger partial charge >= 0.3 is 0 Å². The third-order valence-corrected chi connectivity index (χ3v) is 2.74. The molecule has 110 valence electrons. The number of hydrogen-bond acceptors (Lipinski definition) is 4. The summed E-state index contributed by atoms with van der Waals surface area (Å²) in [6.45, 7) is 2.52. The molecule has 0 aliphatic carbocycles. The Bertz CT molecular complexity index is 457. The van der Waals surface area contributed by atoms with Crippen LogP contribution in [0.3, 0.4) is 0 Å². The summed E-state index contributed by atoms with van der Waals surface area (Å²) in [6.07, 6.45) is 0.787. The number of amides is 1. The van der Waals surface area contributed by atoms with Gasteiger partial charge in [0, 0.05) is 32.2 Å². The van der Waals surface area contributed by atoms with Crippen molar-refractivity contribution in [3.63, 3.8) is 0 Å². The second-order valence-electron chi connectivity index (χ2n) is 4.78. The largest absolute Gasteiger partial charge is 0.409 e. The van der Waals surface area contributed by atoms with E-state index in [1.807, 2.05) is 19.1 Å². The number of carbonyl (C=O) groups is 1. The number of hydrogen-bond donors (Lipinski definition) is 3. The van der Waals surface area contributed by atoms with Gasteiger partial charge in [0.1, 0.15) is 5.84 Å². The molecule has 0 aliphatic heterocycles. The fourth-order valence-electron chi connectivity index (χ4n) is 1.82. The summed E-state index contributed by atoms with van der Waals surface area (Å²) in [5, 5.41) is 14.2. The minimum atomic E-state index is -0.0428. The molecule has 20 heavy (non-hydrogen) atoms. The van der Waals surface area contributed by atoms with E-state index in [-0.39, 0.29) is 17.7 Å². The highest BCUT2D eigenvalue weighted by Crippen LogP contribution is 2.12. The van der Waals surface area contributed by atoms with Crippen molar-refractivity contribution in [3.8, 4) is 0 Å². The van der Waals surface area contributed by atoms with E-state index in [1.165, 1.54) is 0 Å². The highest BCUT2D eigenvalue weighted by molar-refractivity contribution is 5.91. The summed E-state index contributed by atoms with van der Waals surface area (Å²) < 4.78 is 4.99. The summed E-state index contributed by atoms with van der Waals surface area (Å²) in [5.41, 5.74) is 7.06. The maximum absolute atomic E-state index is 11.8. The second-order valence-corrected chi connectivity index (χ2v) is 4.78. The number of nitrogens with zero attached hydrogens (tertiary/aromatic N) is 1. The zero-order chi connectivity index (χ0) is 15.0. The molecule has 0 fully saturated rings. The molecule has 0 radical (unpaired) electrons. The first-order valence-corrected chi connectivity index (χ1v) is 6.39. The van der Waals surface area contributed by atoms with E-state index in [4.69, 9.17) is 15.7 Å². The zero-order valence-electron chi connectivity index (χ0n) is 11.8. The van der Waals surface area contributed by atoms with Crippen LogP contribution >= 0.6 is 0 Å². The van der Waals surface area contributed by atoms with E-state index in [2.05, 4.69) is 10.5 Å². The minimum Gasteiger partial charge on any atom is -0.409 e. The minimum absolute atomic E-state index is 0.0428. The Labute approximate surface area is 118 Å². The topological polar surface area (TPSA) is 96.9 Å². The number of nitrogens with one attached hydrogen (secondary N) is 1. The van der Waals surface area contributed by atoms with Gasteiger partial charge in [-0.15, -0.1) is 0 Å². The molecule has 0 saturated carbocycles. The first-order valence-electron chi connectivity index (χ1n) is 6.39. The van der Waals surface area contributed by atoms with E-state index in [0.717, 1.165) is 11.3 Å². The van der Waals surface area contributed by atoms with Gasteiger partial charge in [-0.2, -0.15) is 0 Å². The van der Waals surface area contributed by atoms with Crippen LogP contribution in [0, 0.1) is 5.92 Å². The maximum Gasteiger partial charge on any atom is 0.224 e. The van der Waals surface area contributed by atoms with Crippen LogP contribution in [0.25, 0.3) is 0 Å². The van der Waals surface area contributed by atoms with Crippen molar-refractivity contribution in [3.05, 3.63) is 29.8 Å². The summed E-state index contributed by atoms with van der Waals surface area (Å²) in [6, 6.07) is 7.23. The molecule has 1 aromatic rings. The average Bonchev–Trinajstić information content (AvgIpc) is 2.41. The Balaban J connectivity index is 2.50. The van der Waals surface area contributed by atoms with E-state index >= 15 is 0 Å². The van der Waals surface area contributed by atoms with E-state index in [9.17, 15) is 4.79 Å². The fraction of sp³-hybridized carbons (Fsp3) is 0.429. The lowest BCUT2D eigenvalue weighted by atomic mass is 10.1. The molecule has 1 atom stereocenters. The molecule has 0 aliphatic rings. The molecule has 0 aromatic heterocycles. The smallest absolute Gasteiger partial charge is 0.224 e. The first-order chi connectivity index (χ1) is 9.55. The lowest BCUT2D eigenvalue weighted by molar-refractivity contribution is -0.117. The Hall–Kier alpha value is -2.08. The van der Waals surface area contributed by atoms with Gasteiger partial charge in [0.05, 0.1) is 0 Å². The Morgan fingerprint density at radius 1 is 1.45 bits per heavy atom. The van der Waals surface area contributed by atoms with Crippen molar-refractivity contribution in [2.45, 2.75) is 19.8 Å². The quantitative estimate of drug-likeness (QED) is 0.305. The molecule has 1 unspecified atom stereocenters. The molecule has 0 bridgehead atoms. The predicted octanol–water partition coefficient (Wildman–Crippen LogP) is 1.59. The van der Waals surface area contributed by atoms with Gasteiger partial charge in [-0.3, -0.25) is 4.79 Å². The molecule has 1 rings (SSSR count). The number of benzene rings is 1. The first kappa shape index (κ1) is 16.0. The maximum atomic E-state index is 11.8. The molecule has 0 spiro atoms. The number of nitrogens with two attached hydrogens (primary N) is 1. The number of ether oxygens (including phenoxy) is 1. The van der Waals surface area contributed by atoms with Crippen LogP contribution < -0.4 is 11.1 Å². The number of carbonyl (C=O) groups excluding carboxylic acids is 1. The van der Waals surface area contributed by atoms with Crippen LogP contribution in [0.1, 0.15) is 18.9 Å². The van der Waals surface area contributed by atoms with Gasteiger partial charge in [0.25, 0.3) is 0 Å². The fourth-order valence-corrected chi connectivity index (χ4v) is 1.82. The monoisotopic (exact) mass is 279 g/mol. The van der Waals surface area contributed by atoms with Gasteiger partial charge in [-0.1, -0.05) is 24.2 Å². The molecule has 1 amide bonds. The predicted molar refractivity (Wildman–Crippen MR) is 77.8 cm³/mol. The molecule has 4 N–H and O–H groups in total. The Morgan fingerprint density at radius 2 is 2.10 bits per heavy atom. The Morgan fingerprint density at radius 3 is 2.65 bits per heavy atom. The van der Waals surface area contributed by atoms with Crippen molar-refractivity contribution < 1.29 is 14.7 Å².